The van der Waals surface area contributed by atoms with Crippen LogP contribution in [0.15, 0.2) is 18.2 Å². The van der Waals surface area contributed by atoms with Crippen LogP contribution < -0.4 is 0 Å². The second-order valence-electron chi connectivity index (χ2n) is 5.89. The van der Waals surface area contributed by atoms with Crippen LogP contribution in [0.2, 0.25) is 0 Å². The molecule has 0 radical (unpaired) electrons. The van der Waals surface area contributed by atoms with Crippen LogP contribution in [-0.4, -0.2) is 49.9 Å². The number of carbonyl (C=O) groups excluding carboxylic acids is 1. The summed E-state index contributed by atoms with van der Waals surface area (Å²) in [5.74, 6) is -2.04. The number of hydrogen-bond donors (Lipinski definition) is 0. The molecule has 0 aliphatic carbocycles. The fourth-order valence-corrected chi connectivity index (χ4v) is 3.65. The van der Waals surface area contributed by atoms with Gasteiger partial charge in [0.25, 0.3) is 0 Å². The van der Waals surface area contributed by atoms with Gasteiger partial charge in [0.05, 0.1) is 12.2 Å². The maximum atomic E-state index is 13.7. The van der Waals surface area contributed by atoms with E-state index < -0.39 is 27.6 Å². The molecule has 23 heavy (non-hydrogen) atoms. The third-order valence-electron chi connectivity index (χ3n) is 4.00. The van der Waals surface area contributed by atoms with Crippen LogP contribution in [0.3, 0.4) is 0 Å². The molecular weight excluding hydrogens is 326 g/mol. The Morgan fingerprint density at radius 3 is 2.70 bits per heavy atom. The number of benzene rings is 1. The first-order chi connectivity index (χ1) is 10.7. The normalized spacial score (nSPS) is 19.6. The number of carbonyl (C=O) groups is 1. The smallest absolute Gasteiger partial charge is 0.227 e. The number of nitrogens with zero attached hydrogens (tertiary/aromatic N) is 2. The Labute approximate surface area is 134 Å². The van der Waals surface area contributed by atoms with E-state index in [1.165, 1.54) is 22.3 Å². The number of amides is 1. The highest BCUT2D eigenvalue weighted by Crippen LogP contribution is 2.21. The molecule has 0 bridgehead atoms. The SMILES string of the molecule is CN(Cc1ccc(F)cc1F)C(=O)[C@@H]1CCCN(S(C)(=O)=O)C1. The van der Waals surface area contributed by atoms with Crippen molar-refractivity contribution in [2.45, 2.75) is 19.4 Å². The zero-order valence-corrected chi connectivity index (χ0v) is 13.9. The van der Waals surface area contributed by atoms with Crippen LogP contribution in [0.4, 0.5) is 8.78 Å². The van der Waals surface area contributed by atoms with Gasteiger partial charge in [0.1, 0.15) is 11.6 Å². The zero-order valence-electron chi connectivity index (χ0n) is 13.1. The summed E-state index contributed by atoms with van der Waals surface area (Å²) < 4.78 is 51.1. The van der Waals surface area contributed by atoms with Gasteiger partial charge < -0.3 is 4.90 Å². The lowest BCUT2D eigenvalue weighted by Gasteiger charge is -2.32. The molecule has 1 atom stereocenters. The van der Waals surface area contributed by atoms with Gasteiger partial charge >= 0.3 is 0 Å². The minimum Gasteiger partial charge on any atom is -0.341 e. The molecule has 1 fully saturated rings. The molecule has 1 aromatic carbocycles. The van der Waals surface area contributed by atoms with Crippen LogP contribution in [0.5, 0.6) is 0 Å². The van der Waals surface area contributed by atoms with Crippen LogP contribution >= 0.6 is 0 Å². The van der Waals surface area contributed by atoms with Gasteiger partial charge in [0, 0.05) is 38.3 Å². The van der Waals surface area contributed by atoms with E-state index >= 15 is 0 Å². The van der Waals surface area contributed by atoms with Gasteiger partial charge in [-0.3, -0.25) is 4.79 Å². The van der Waals surface area contributed by atoms with Crippen LogP contribution in [0.1, 0.15) is 18.4 Å². The van der Waals surface area contributed by atoms with E-state index in [1.807, 2.05) is 0 Å². The highest BCUT2D eigenvalue weighted by molar-refractivity contribution is 7.88. The Morgan fingerprint density at radius 2 is 2.09 bits per heavy atom. The summed E-state index contributed by atoms with van der Waals surface area (Å²) in [6.45, 7) is 0.577. The number of piperidine rings is 1. The third-order valence-corrected chi connectivity index (χ3v) is 5.27. The third kappa shape index (κ3) is 4.48. The Morgan fingerprint density at radius 1 is 1.39 bits per heavy atom. The average molecular weight is 346 g/mol. The molecule has 1 saturated heterocycles. The maximum Gasteiger partial charge on any atom is 0.227 e. The van der Waals surface area contributed by atoms with Crippen LogP contribution in [-0.2, 0) is 21.4 Å². The van der Waals surface area contributed by atoms with Crippen molar-refractivity contribution < 1.29 is 22.0 Å². The molecule has 0 spiro atoms. The maximum absolute atomic E-state index is 13.7. The molecule has 5 nitrogen and oxygen atoms in total. The minimum absolute atomic E-state index is 0.0142. The van der Waals surface area contributed by atoms with Crippen molar-refractivity contribution in [1.82, 2.24) is 9.21 Å². The molecule has 1 aliphatic heterocycles. The summed E-state index contributed by atoms with van der Waals surface area (Å²) in [6.07, 6.45) is 2.33. The molecule has 1 aliphatic rings. The first-order valence-electron chi connectivity index (χ1n) is 7.32. The van der Waals surface area contributed by atoms with Gasteiger partial charge in [0.2, 0.25) is 15.9 Å². The molecule has 1 heterocycles. The van der Waals surface area contributed by atoms with Gasteiger partial charge in [-0.05, 0) is 18.9 Å². The monoisotopic (exact) mass is 346 g/mol. The van der Waals surface area contributed by atoms with Crippen molar-refractivity contribution >= 4 is 15.9 Å². The van der Waals surface area contributed by atoms with E-state index in [2.05, 4.69) is 0 Å². The lowest BCUT2D eigenvalue weighted by atomic mass is 9.98. The average Bonchev–Trinajstić information content (AvgIpc) is 2.48. The summed E-state index contributed by atoms with van der Waals surface area (Å²) in [5, 5.41) is 0. The number of sulfonamides is 1. The molecule has 0 aromatic heterocycles. The van der Waals surface area contributed by atoms with Gasteiger partial charge in [-0.15, -0.1) is 0 Å². The molecule has 2 rings (SSSR count). The van der Waals surface area contributed by atoms with E-state index in [1.54, 1.807) is 0 Å². The van der Waals surface area contributed by atoms with Gasteiger partial charge in [-0.25, -0.2) is 21.5 Å². The van der Waals surface area contributed by atoms with Gasteiger partial charge in [-0.1, -0.05) is 6.07 Å². The summed E-state index contributed by atoms with van der Waals surface area (Å²) in [5.41, 5.74) is 0.220. The largest absolute Gasteiger partial charge is 0.341 e. The van der Waals surface area contributed by atoms with E-state index in [0.29, 0.717) is 19.4 Å². The van der Waals surface area contributed by atoms with E-state index in [4.69, 9.17) is 0 Å². The second-order valence-corrected chi connectivity index (χ2v) is 7.87. The number of hydrogen-bond acceptors (Lipinski definition) is 3. The highest BCUT2D eigenvalue weighted by atomic mass is 32.2. The summed E-state index contributed by atoms with van der Waals surface area (Å²) in [7, 11) is -1.80. The molecule has 128 valence electrons. The molecular formula is C15H20F2N2O3S. The van der Waals surface area contributed by atoms with Gasteiger partial charge in [0.15, 0.2) is 0 Å². The predicted octanol–water partition coefficient (Wildman–Crippen LogP) is 1.59. The standard InChI is InChI=1S/C15H20F2N2O3S/c1-18(9-11-5-6-13(16)8-14(11)17)15(20)12-4-3-7-19(10-12)23(2,21)22/h5-6,8,12H,3-4,7,9-10H2,1-2H3/t12-/m1/s1. The topological polar surface area (TPSA) is 57.7 Å². The molecule has 1 aromatic rings. The first kappa shape index (κ1) is 17.8. The van der Waals surface area contributed by atoms with Crippen molar-refractivity contribution in [3.05, 3.63) is 35.4 Å². The molecule has 0 saturated carbocycles. The lowest BCUT2D eigenvalue weighted by molar-refractivity contribution is -0.135. The summed E-state index contributed by atoms with van der Waals surface area (Å²) in [4.78, 5) is 13.8. The molecule has 1 amide bonds. The Balaban J connectivity index is 2.04. The van der Waals surface area contributed by atoms with E-state index in [9.17, 15) is 22.0 Å². The molecule has 0 unspecified atom stereocenters. The Kier molecular flexibility index (Phi) is 5.36. The Hall–Kier alpha value is -1.54. The summed E-state index contributed by atoms with van der Waals surface area (Å²) in [6, 6.07) is 3.22. The van der Waals surface area contributed by atoms with Crippen LogP contribution in [0.25, 0.3) is 0 Å². The van der Waals surface area contributed by atoms with Crippen molar-refractivity contribution in [3.63, 3.8) is 0 Å². The van der Waals surface area contributed by atoms with Crippen LogP contribution in [0, 0.1) is 17.6 Å². The molecule has 8 heteroatoms. The number of halogens is 2. The van der Waals surface area contributed by atoms with Gasteiger partial charge in [-0.2, -0.15) is 0 Å². The fraction of sp³-hybridized carbons (Fsp3) is 0.533. The lowest BCUT2D eigenvalue weighted by Crippen LogP contribution is -2.45. The second kappa shape index (κ2) is 6.92. The van der Waals surface area contributed by atoms with Crippen molar-refractivity contribution in [3.8, 4) is 0 Å². The minimum atomic E-state index is -3.33. The first-order valence-corrected chi connectivity index (χ1v) is 9.17. The summed E-state index contributed by atoms with van der Waals surface area (Å²) >= 11 is 0. The molecule has 0 N–H and O–H groups in total. The highest BCUT2D eigenvalue weighted by Gasteiger charge is 2.31. The quantitative estimate of drug-likeness (QED) is 0.832. The number of rotatable bonds is 4. The van der Waals surface area contributed by atoms with Crippen molar-refractivity contribution in [2.24, 2.45) is 5.92 Å². The zero-order chi connectivity index (χ0) is 17.2. The fourth-order valence-electron chi connectivity index (χ4n) is 2.74. The van der Waals surface area contributed by atoms with E-state index in [0.717, 1.165) is 18.4 Å². The Bertz CT molecular complexity index is 694. The van der Waals surface area contributed by atoms with Crippen molar-refractivity contribution in [1.29, 1.82) is 0 Å². The van der Waals surface area contributed by atoms with Crippen molar-refractivity contribution in [2.75, 3.05) is 26.4 Å². The predicted molar refractivity (Wildman–Crippen MR) is 82.0 cm³/mol. The van der Waals surface area contributed by atoms with E-state index in [-0.39, 0.29) is 24.6 Å².